The molecule has 2 rings (SSSR count). The van der Waals surface area contributed by atoms with E-state index < -0.39 is 0 Å². The Balaban J connectivity index is 1.91. The molecule has 0 saturated heterocycles. The summed E-state index contributed by atoms with van der Waals surface area (Å²) in [6.07, 6.45) is 6.59. The fraction of sp³-hybridized carbons (Fsp3) is 1.00. The van der Waals surface area contributed by atoms with E-state index in [4.69, 9.17) is 0 Å². The Morgan fingerprint density at radius 1 is 1.14 bits per heavy atom. The lowest BCUT2D eigenvalue weighted by Gasteiger charge is -2.32. The van der Waals surface area contributed by atoms with Crippen molar-refractivity contribution in [1.82, 2.24) is 0 Å². The summed E-state index contributed by atoms with van der Waals surface area (Å²) in [6, 6.07) is 0. The molecule has 2 aliphatic rings. The Hall–Kier alpha value is -0.0800. The van der Waals surface area contributed by atoms with Gasteiger partial charge >= 0.3 is 0 Å². The predicted octanol–water partition coefficient (Wildman–Crippen LogP) is 1.80. The van der Waals surface area contributed by atoms with E-state index >= 15 is 0 Å². The second-order valence-electron chi connectivity index (χ2n) is 5.77. The standard InChI is InChI=1S/C12H22O2/c1-12(7-13,8-14)6-11-5-9-2-3-10(11)4-9/h9-11,13-14H,2-8H2,1H3. The fourth-order valence-corrected chi connectivity index (χ4v) is 3.44. The lowest BCUT2D eigenvalue weighted by molar-refractivity contribution is 0.0399. The number of hydrogen-bond donors (Lipinski definition) is 2. The van der Waals surface area contributed by atoms with Crippen molar-refractivity contribution < 1.29 is 10.2 Å². The van der Waals surface area contributed by atoms with Gasteiger partial charge in [-0.3, -0.25) is 0 Å². The summed E-state index contributed by atoms with van der Waals surface area (Å²) in [4.78, 5) is 0. The molecule has 0 aromatic heterocycles. The van der Waals surface area contributed by atoms with Gasteiger partial charge in [0.05, 0.1) is 13.2 Å². The Labute approximate surface area is 86.3 Å². The Morgan fingerprint density at radius 3 is 2.29 bits per heavy atom. The SMILES string of the molecule is CC(CO)(CO)CC1CC2CCC1C2. The van der Waals surface area contributed by atoms with Gasteiger partial charge in [-0.25, -0.2) is 0 Å². The van der Waals surface area contributed by atoms with Crippen LogP contribution in [0.1, 0.15) is 39.0 Å². The molecule has 0 heterocycles. The van der Waals surface area contributed by atoms with E-state index in [9.17, 15) is 10.2 Å². The van der Waals surface area contributed by atoms with Crippen molar-refractivity contribution >= 4 is 0 Å². The van der Waals surface area contributed by atoms with Crippen LogP contribution < -0.4 is 0 Å². The fourth-order valence-electron chi connectivity index (χ4n) is 3.44. The highest BCUT2D eigenvalue weighted by molar-refractivity contribution is 4.92. The van der Waals surface area contributed by atoms with Gasteiger partial charge in [-0.1, -0.05) is 13.3 Å². The van der Waals surface area contributed by atoms with Crippen LogP contribution in [0.15, 0.2) is 0 Å². The number of hydrogen-bond acceptors (Lipinski definition) is 2. The minimum Gasteiger partial charge on any atom is -0.396 e. The zero-order valence-electron chi connectivity index (χ0n) is 9.08. The molecule has 0 aromatic carbocycles. The first-order valence-corrected chi connectivity index (χ1v) is 5.88. The van der Waals surface area contributed by atoms with Crippen LogP contribution in [-0.4, -0.2) is 23.4 Å². The minimum absolute atomic E-state index is 0.122. The summed E-state index contributed by atoms with van der Waals surface area (Å²) < 4.78 is 0. The third-order valence-electron chi connectivity index (χ3n) is 4.40. The van der Waals surface area contributed by atoms with Crippen molar-refractivity contribution in [2.45, 2.75) is 39.0 Å². The minimum atomic E-state index is -0.241. The van der Waals surface area contributed by atoms with Crippen LogP contribution in [0.3, 0.4) is 0 Å². The van der Waals surface area contributed by atoms with E-state index in [2.05, 4.69) is 0 Å². The quantitative estimate of drug-likeness (QED) is 0.723. The number of rotatable bonds is 4. The highest BCUT2D eigenvalue weighted by Crippen LogP contribution is 2.51. The maximum absolute atomic E-state index is 9.26. The molecule has 0 radical (unpaired) electrons. The third kappa shape index (κ3) is 1.82. The van der Waals surface area contributed by atoms with Gasteiger partial charge in [0.2, 0.25) is 0 Å². The summed E-state index contributed by atoms with van der Waals surface area (Å²) >= 11 is 0. The zero-order chi connectivity index (χ0) is 10.2. The van der Waals surface area contributed by atoms with E-state index in [1.165, 1.54) is 25.7 Å². The molecule has 3 unspecified atom stereocenters. The summed E-state index contributed by atoms with van der Waals surface area (Å²) in [7, 11) is 0. The highest BCUT2D eigenvalue weighted by atomic mass is 16.3. The normalized spacial score (nSPS) is 36.6. The average molecular weight is 198 g/mol. The summed E-state index contributed by atoms with van der Waals surface area (Å²) in [5, 5.41) is 18.5. The molecule has 2 saturated carbocycles. The van der Waals surface area contributed by atoms with E-state index in [-0.39, 0.29) is 18.6 Å². The maximum atomic E-state index is 9.26. The monoisotopic (exact) mass is 198 g/mol. The third-order valence-corrected chi connectivity index (χ3v) is 4.40. The molecular weight excluding hydrogens is 176 g/mol. The smallest absolute Gasteiger partial charge is 0.0506 e. The number of fused-ring (bicyclic) bond motifs is 2. The first-order valence-electron chi connectivity index (χ1n) is 5.88. The van der Waals surface area contributed by atoms with Crippen molar-refractivity contribution in [2.75, 3.05) is 13.2 Å². The van der Waals surface area contributed by atoms with Crippen LogP contribution in [-0.2, 0) is 0 Å². The van der Waals surface area contributed by atoms with Gasteiger partial charge in [-0.2, -0.15) is 0 Å². The van der Waals surface area contributed by atoms with E-state index in [0.717, 1.165) is 24.2 Å². The molecular formula is C12H22O2. The zero-order valence-corrected chi connectivity index (χ0v) is 9.08. The predicted molar refractivity (Wildman–Crippen MR) is 55.8 cm³/mol. The Kier molecular flexibility index (Phi) is 2.85. The van der Waals surface area contributed by atoms with Gasteiger partial charge in [-0.15, -0.1) is 0 Å². The van der Waals surface area contributed by atoms with Crippen LogP contribution in [0.25, 0.3) is 0 Å². The van der Waals surface area contributed by atoms with Crippen LogP contribution in [0.5, 0.6) is 0 Å². The molecule has 0 aliphatic heterocycles. The van der Waals surface area contributed by atoms with Gasteiger partial charge in [0.25, 0.3) is 0 Å². The largest absolute Gasteiger partial charge is 0.396 e. The van der Waals surface area contributed by atoms with Crippen molar-refractivity contribution in [2.24, 2.45) is 23.2 Å². The number of aliphatic hydroxyl groups is 2. The molecule has 2 heteroatoms. The van der Waals surface area contributed by atoms with Crippen LogP contribution >= 0.6 is 0 Å². The lowest BCUT2D eigenvalue weighted by atomic mass is 9.76. The molecule has 14 heavy (non-hydrogen) atoms. The lowest BCUT2D eigenvalue weighted by Crippen LogP contribution is -2.30. The van der Waals surface area contributed by atoms with E-state index in [1.54, 1.807) is 0 Å². The van der Waals surface area contributed by atoms with Gasteiger partial charge in [0.15, 0.2) is 0 Å². The molecule has 2 bridgehead atoms. The van der Waals surface area contributed by atoms with Crippen LogP contribution in [0.4, 0.5) is 0 Å². The topological polar surface area (TPSA) is 40.5 Å². The average Bonchev–Trinajstić information content (AvgIpc) is 2.79. The molecule has 82 valence electrons. The van der Waals surface area contributed by atoms with Gasteiger partial charge in [-0.05, 0) is 43.4 Å². The van der Waals surface area contributed by atoms with Crippen molar-refractivity contribution in [1.29, 1.82) is 0 Å². The molecule has 2 aliphatic carbocycles. The van der Waals surface area contributed by atoms with Crippen LogP contribution in [0.2, 0.25) is 0 Å². The molecule has 0 aromatic rings. The molecule has 2 fully saturated rings. The number of aliphatic hydroxyl groups excluding tert-OH is 2. The Bertz CT molecular complexity index is 198. The molecule has 3 atom stereocenters. The van der Waals surface area contributed by atoms with E-state index in [1.807, 2.05) is 6.92 Å². The second kappa shape index (κ2) is 3.82. The molecule has 0 amide bonds. The van der Waals surface area contributed by atoms with E-state index in [0.29, 0.717) is 0 Å². The summed E-state index contributed by atoms with van der Waals surface area (Å²) in [5.41, 5.74) is -0.241. The molecule has 2 nitrogen and oxygen atoms in total. The molecule has 2 N–H and O–H groups in total. The van der Waals surface area contributed by atoms with Crippen LogP contribution in [0, 0.1) is 23.2 Å². The summed E-state index contributed by atoms with van der Waals surface area (Å²) in [6.45, 7) is 2.24. The first-order chi connectivity index (χ1) is 6.67. The maximum Gasteiger partial charge on any atom is 0.0506 e. The summed E-state index contributed by atoms with van der Waals surface area (Å²) in [5.74, 6) is 2.64. The van der Waals surface area contributed by atoms with Gasteiger partial charge in [0.1, 0.15) is 0 Å². The van der Waals surface area contributed by atoms with Gasteiger partial charge in [0, 0.05) is 5.41 Å². The van der Waals surface area contributed by atoms with Gasteiger partial charge < -0.3 is 10.2 Å². The van der Waals surface area contributed by atoms with Crippen molar-refractivity contribution in [3.63, 3.8) is 0 Å². The first kappa shape index (κ1) is 10.4. The molecule has 0 spiro atoms. The second-order valence-corrected chi connectivity index (χ2v) is 5.77. The van der Waals surface area contributed by atoms with Crippen molar-refractivity contribution in [3.05, 3.63) is 0 Å². The van der Waals surface area contributed by atoms with Crippen molar-refractivity contribution in [3.8, 4) is 0 Å². The highest BCUT2D eigenvalue weighted by Gasteiger charge is 2.42. The Morgan fingerprint density at radius 2 is 1.86 bits per heavy atom.